The van der Waals surface area contributed by atoms with Crippen LogP contribution in [0.2, 0.25) is 0 Å². The van der Waals surface area contributed by atoms with Gasteiger partial charge in [0.1, 0.15) is 0 Å². The second kappa shape index (κ2) is 7.99. The van der Waals surface area contributed by atoms with Crippen LogP contribution in [0.4, 0.5) is 0 Å². The first-order chi connectivity index (χ1) is 13.4. The Hall–Kier alpha value is -2.91. The quantitative estimate of drug-likeness (QED) is 0.647. The van der Waals surface area contributed by atoms with E-state index in [1.165, 1.54) is 6.07 Å². The predicted molar refractivity (Wildman–Crippen MR) is 104 cm³/mol. The van der Waals surface area contributed by atoms with E-state index >= 15 is 0 Å². The van der Waals surface area contributed by atoms with Crippen LogP contribution in [0.3, 0.4) is 0 Å². The molecule has 0 fully saturated rings. The molecule has 0 aliphatic heterocycles. The average Bonchev–Trinajstić information content (AvgIpc) is 3.17. The number of nitrogens with zero attached hydrogens (tertiary/aromatic N) is 2. The minimum Gasteiger partial charge on any atom is -0.493 e. The molecule has 0 radical (unpaired) electrons. The first kappa shape index (κ1) is 19.8. The summed E-state index contributed by atoms with van der Waals surface area (Å²) in [4.78, 5) is 0.178. The van der Waals surface area contributed by atoms with Crippen molar-refractivity contribution >= 4 is 10.0 Å². The zero-order valence-corrected chi connectivity index (χ0v) is 16.8. The van der Waals surface area contributed by atoms with Crippen LogP contribution in [0.1, 0.15) is 12.5 Å². The highest BCUT2D eigenvalue weighted by molar-refractivity contribution is 7.89. The number of ether oxygens (including phenoxy) is 2. The van der Waals surface area contributed by atoms with E-state index in [2.05, 4.69) is 14.9 Å². The van der Waals surface area contributed by atoms with E-state index in [-0.39, 0.29) is 16.7 Å². The Labute approximate surface area is 163 Å². The standard InChI is InChI=1S/C19H21N3O5S/c1-5-20-28(23,24)17-11-14(7-6-12(17)2)19-22-21-18(27-19)13-8-9-15(25-3)16(10-13)26-4/h6-11,20H,5H2,1-4H3. The Morgan fingerprint density at radius 2 is 1.57 bits per heavy atom. The molecule has 0 bridgehead atoms. The van der Waals surface area contributed by atoms with Gasteiger partial charge >= 0.3 is 0 Å². The number of nitrogens with one attached hydrogen (secondary N) is 1. The molecule has 0 aliphatic rings. The molecular weight excluding hydrogens is 382 g/mol. The van der Waals surface area contributed by atoms with Gasteiger partial charge < -0.3 is 13.9 Å². The lowest BCUT2D eigenvalue weighted by Crippen LogP contribution is -2.23. The number of benzene rings is 2. The Bertz CT molecular complexity index is 1090. The average molecular weight is 403 g/mol. The lowest BCUT2D eigenvalue weighted by atomic mass is 10.1. The van der Waals surface area contributed by atoms with Crippen molar-refractivity contribution in [3.8, 4) is 34.4 Å². The maximum absolute atomic E-state index is 12.4. The summed E-state index contributed by atoms with van der Waals surface area (Å²) in [6.07, 6.45) is 0. The van der Waals surface area contributed by atoms with Crippen molar-refractivity contribution in [2.45, 2.75) is 18.7 Å². The van der Waals surface area contributed by atoms with Gasteiger partial charge in [-0.15, -0.1) is 10.2 Å². The number of aryl methyl sites for hydroxylation is 1. The van der Waals surface area contributed by atoms with E-state index in [0.29, 0.717) is 34.7 Å². The van der Waals surface area contributed by atoms with Crippen molar-refractivity contribution in [1.82, 2.24) is 14.9 Å². The number of rotatable bonds is 7. The molecule has 9 heteroatoms. The molecule has 1 aromatic heterocycles. The fourth-order valence-corrected chi connectivity index (χ4v) is 4.03. The SMILES string of the molecule is CCNS(=O)(=O)c1cc(-c2nnc(-c3ccc(OC)c(OC)c3)o2)ccc1C. The summed E-state index contributed by atoms with van der Waals surface area (Å²) in [7, 11) is -0.508. The summed E-state index contributed by atoms with van der Waals surface area (Å²) in [5.41, 5.74) is 1.80. The highest BCUT2D eigenvalue weighted by Gasteiger charge is 2.19. The number of methoxy groups -OCH3 is 2. The van der Waals surface area contributed by atoms with Crippen LogP contribution in [-0.4, -0.2) is 39.4 Å². The van der Waals surface area contributed by atoms with Crippen LogP contribution in [0.15, 0.2) is 45.7 Å². The monoisotopic (exact) mass is 403 g/mol. The van der Waals surface area contributed by atoms with Crippen LogP contribution < -0.4 is 14.2 Å². The van der Waals surface area contributed by atoms with Crippen molar-refractivity contribution in [2.75, 3.05) is 20.8 Å². The Morgan fingerprint density at radius 1 is 0.964 bits per heavy atom. The number of sulfonamides is 1. The van der Waals surface area contributed by atoms with Gasteiger partial charge in [-0.1, -0.05) is 13.0 Å². The zero-order chi connectivity index (χ0) is 20.3. The largest absolute Gasteiger partial charge is 0.493 e. The molecule has 0 aliphatic carbocycles. The van der Waals surface area contributed by atoms with E-state index in [4.69, 9.17) is 13.9 Å². The Morgan fingerprint density at radius 3 is 2.18 bits per heavy atom. The van der Waals surface area contributed by atoms with Gasteiger partial charge in [-0.2, -0.15) is 0 Å². The van der Waals surface area contributed by atoms with Crippen LogP contribution >= 0.6 is 0 Å². The summed E-state index contributed by atoms with van der Waals surface area (Å²) in [5, 5.41) is 8.12. The molecular formula is C19H21N3O5S. The summed E-state index contributed by atoms with van der Waals surface area (Å²) in [6, 6.07) is 10.2. The molecule has 3 aromatic rings. The van der Waals surface area contributed by atoms with Gasteiger partial charge in [0.05, 0.1) is 19.1 Å². The molecule has 0 spiro atoms. The molecule has 1 N–H and O–H groups in total. The topological polar surface area (TPSA) is 104 Å². The summed E-state index contributed by atoms with van der Waals surface area (Å²) in [6.45, 7) is 3.76. The lowest BCUT2D eigenvalue weighted by Gasteiger charge is -2.09. The molecule has 8 nitrogen and oxygen atoms in total. The summed E-state index contributed by atoms with van der Waals surface area (Å²) >= 11 is 0. The maximum atomic E-state index is 12.4. The number of hydrogen-bond donors (Lipinski definition) is 1. The number of aromatic nitrogens is 2. The first-order valence-electron chi connectivity index (χ1n) is 8.56. The molecule has 28 heavy (non-hydrogen) atoms. The first-order valence-corrected chi connectivity index (χ1v) is 10.0. The minimum absolute atomic E-state index is 0.178. The summed E-state index contributed by atoms with van der Waals surface area (Å²) in [5.74, 6) is 1.63. The normalized spacial score (nSPS) is 11.4. The van der Waals surface area contributed by atoms with E-state index in [9.17, 15) is 8.42 Å². The van der Waals surface area contributed by atoms with Gasteiger partial charge in [0.2, 0.25) is 21.8 Å². The second-order valence-electron chi connectivity index (χ2n) is 5.96. The predicted octanol–water partition coefficient (Wildman–Crippen LogP) is 3.03. The van der Waals surface area contributed by atoms with Crippen LogP contribution in [-0.2, 0) is 10.0 Å². The zero-order valence-electron chi connectivity index (χ0n) is 16.0. The van der Waals surface area contributed by atoms with E-state index in [1.807, 2.05) is 0 Å². The highest BCUT2D eigenvalue weighted by atomic mass is 32.2. The molecule has 0 atom stereocenters. The van der Waals surface area contributed by atoms with Crippen LogP contribution in [0, 0.1) is 6.92 Å². The third-order valence-electron chi connectivity index (χ3n) is 4.11. The van der Waals surface area contributed by atoms with Gasteiger partial charge in [-0.3, -0.25) is 0 Å². The van der Waals surface area contributed by atoms with Gasteiger partial charge in [0, 0.05) is 17.7 Å². The molecule has 3 rings (SSSR count). The summed E-state index contributed by atoms with van der Waals surface area (Å²) < 4.78 is 43.5. The molecule has 1 heterocycles. The van der Waals surface area contributed by atoms with Gasteiger partial charge in [-0.05, 0) is 42.8 Å². The van der Waals surface area contributed by atoms with Crippen molar-refractivity contribution in [3.05, 3.63) is 42.0 Å². The van der Waals surface area contributed by atoms with Crippen LogP contribution in [0.5, 0.6) is 11.5 Å². The smallest absolute Gasteiger partial charge is 0.248 e. The molecule has 0 amide bonds. The highest BCUT2D eigenvalue weighted by Crippen LogP contribution is 2.33. The molecule has 148 valence electrons. The van der Waals surface area contributed by atoms with Crippen molar-refractivity contribution in [1.29, 1.82) is 0 Å². The fourth-order valence-electron chi connectivity index (χ4n) is 2.72. The van der Waals surface area contributed by atoms with Gasteiger partial charge in [0.25, 0.3) is 0 Å². The Kier molecular flexibility index (Phi) is 5.66. The van der Waals surface area contributed by atoms with Crippen molar-refractivity contribution in [3.63, 3.8) is 0 Å². The Balaban J connectivity index is 1.99. The van der Waals surface area contributed by atoms with Crippen LogP contribution in [0.25, 0.3) is 22.9 Å². The molecule has 0 saturated carbocycles. The third kappa shape index (κ3) is 3.85. The minimum atomic E-state index is -3.60. The fraction of sp³-hybridized carbons (Fsp3) is 0.263. The maximum Gasteiger partial charge on any atom is 0.248 e. The molecule has 0 unspecified atom stereocenters. The van der Waals surface area contributed by atoms with Gasteiger partial charge in [0.15, 0.2) is 11.5 Å². The lowest BCUT2D eigenvalue weighted by molar-refractivity contribution is 0.355. The second-order valence-corrected chi connectivity index (χ2v) is 7.70. The van der Waals surface area contributed by atoms with E-state index < -0.39 is 10.0 Å². The van der Waals surface area contributed by atoms with E-state index in [1.54, 1.807) is 58.4 Å². The van der Waals surface area contributed by atoms with E-state index in [0.717, 1.165) is 0 Å². The van der Waals surface area contributed by atoms with Gasteiger partial charge in [-0.25, -0.2) is 13.1 Å². The van der Waals surface area contributed by atoms with Crippen molar-refractivity contribution < 1.29 is 22.3 Å². The number of hydrogen-bond acceptors (Lipinski definition) is 7. The molecule has 0 saturated heterocycles. The molecule has 2 aromatic carbocycles. The third-order valence-corrected chi connectivity index (χ3v) is 5.80. The van der Waals surface area contributed by atoms with Crippen molar-refractivity contribution in [2.24, 2.45) is 0 Å².